The summed E-state index contributed by atoms with van der Waals surface area (Å²) in [7, 11) is -4.25. The van der Waals surface area contributed by atoms with Crippen LogP contribution in [0.3, 0.4) is 0 Å². The number of halogens is 3. The smallest absolute Gasteiger partial charge is 0.264 e. The van der Waals surface area contributed by atoms with Crippen molar-refractivity contribution < 1.29 is 22.4 Å². The summed E-state index contributed by atoms with van der Waals surface area (Å²) < 4.78 is 42.1. The standard InChI is InChI=1S/C29H32Cl2FN3O4S/c1-4-27(29(37)33-17-20(2)3)34(18-24-25(30)11-8-12-26(24)31)28(36)19-35(22-15-13-21(32)14-16-22)40(38,39)23-9-6-5-7-10-23/h5-16,20,27H,4,17-19H2,1-3H3,(H,33,37)/t27-/m0/s1. The molecule has 0 aliphatic rings. The van der Waals surface area contributed by atoms with Gasteiger partial charge in [0.05, 0.1) is 10.6 Å². The van der Waals surface area contributed by atoms with Crippen LogP contribution >= 0.6 is 23.2 Å². The number of hydrogen-bond donors (Lipinski definition) is 1. The topological polar surface area (TPSA) is 86.8 Å². The molecule has 1 N–H and O–H groups in total. The molecule has 1 atom stereocenters. The Morgan fingerprint density at radius 1 is 0.925 bits per heavy atom. The van der Waals surface area contributed by atoms with E-state index >= 15 is 0 Å². The molecule has 0 saturated heterocycles. The van der Waals surface area contributed by atoms with Crippen molar-refractivity contribution in [3.63, 3.8) is 0 Å². The minimum atomic E-state index is -4.25. The summed E-state index contributed by atoms with van der Waals surface area (Å²) in [5.74, 6) is -1.43. The van der Waals surface area contributed by atoms with Crippen LogP contribution in [-0.2, 0) is 26.2 Å². The zero-order chi connectivity index (χ0) is 29.4. The highest BCUT2D eigenvalue weighted by atomic mass is 35.5. The average molecular weight is 609 g/mol. The SMILES string of the molecule is CC[C@@H](C(=O)NCC(C)C)N(Cc1c(Cl)cccc1Cl)C(=O)CN(c1ccc(F)cc1)S(=O)(=O)c1ccccc1. The van der Waals surface area contributed by atoms with Gasteiger partial charge in [-0.3, -0.25) is 13.9 Å². The van der Waals surface area contributed by atoms with E-state index in [1.165, 1.54) is 29.2 Å². The van der Waals surface area contributed by atoms with Gasteiger partial charge in [-0.25, -0.2) is 12.8 Å². The van der Waals surface area contributed by atoms with E-state index in [9.17, 15) is 22.4 Å². The molecule has 0 unspecified atom stereocenters. The van der Waals surface area contributed by atoms with E-state index in [0.29, 0.717) is 22.2 Å². The molecule has 3 aromatic carbocycles. The van der Waals surface area contributed by atoms with Gasteiger partial charge in [-0.05, 0) is 60.9 Å². The molecule has 0 aliphatic heterocycles. The molecule has 40 heavy (non-hydrogen) atoms. The van der Waals surface area contributed by atoms with Crippen molar-refractivity contribution in [3.8, 4) is 0 Å². The van der Waals surface area contributed by atoms with Crippen LogP contribution in [-0.4, -0.2) is 44.3 Å². The lowest BCUT2D eigenvalue weighted by atomic mass is 10.1. The lowest BCUT2D eigenvalue weighted by molar-refractivity contribution is -0.140. The fourth-order valence-corrected chi connectivity index (χ4v) is 6.00. The largest absolute Gasteiger partial charge is 0.354 e. The fourth-order valence-electron chi connectivity index (χ4n) is 4.05. The quantitative estimate of drug-likeness (QED) is 0.277. The summed E-state index contributed by atoms with van der Waals surface area (Å²) in [6, 6.07) is 16.4. The van der Waals surface area contributed by atoms with E-state index < -0.39 is 34.3 Å². The molecule has 214 valence electrons. The van der Waals surface area contributed by atoms with E-state index in [2.05, 4.69) is 5.32 Å². The van der Waals surface area contributed by atoms with Gasteiger partial charge in [0.1, 0.15) is 18.4 Å². The highest BCUT2D eigenvalue weighted by Gasteiger charge is 2.34. The molecule has 0 bridgehead atoms. The molecular weight excluding hydrogens is 576 g/mol. The number of carbonyl (C=O) groups excluding carboxylic acids is 2. The number of sulfonamides is 1. The normalized spacial score (nSPS) is 12.2. The first kappa shape index (κ1) is 31.4. The summed E-state index contributed by atoms with van der Waals surface area (Å²) in [5.41, 5.74) is 0.514. The highest BCUT2D eigenvalue weighted by Crippen LogP contribution is 2.29. The van der Waals surface area contributed by atoms with Crippen molar-refractivity contribution in [2.45, 2.75) is 44.7 Å². The van der Waals surface area contributed by atoms with Crippen molar-refractivity contribution in [2.75, 3.05) is 17.4 Å². The van der Waals surface area contributed by atoms with Crippen molar-refractivity contribution >= 4 is 50.7 Å². The van der Waals surface area contributed by atoms with Gasteiger partial charge in [-0.2, -0.15) is 0 Å². The predicted octanol–water partition coefficient (Wildman–Crippen LogP) is 5.91. The monoisotopic (exact) mass is 607 g/mol. The van der Waals surface area contributed by atoms with E-state index in [4.69, 9.17) is 23.2 Å². The van der Waals surface area contributed by atoms with Crippen LogP contribution in [0.2, 0.25) is 10.0 Å². The summed E-state index contributed by atoms with van der Waals surface area (Å²) in [6.45, 7) is 5.26. The number of rotatable bonds is 12. The molecule has 0 spiro atoms. The number of nitrogens with zero attached hydrogens (tertiary/aromatic N) is 2. The first-order valence-electron chi connectivity index (χ1n) is 12.8. The lowest BCUT2D eigenvalue weighted by Crippen LogP contribution is -2.52. The molecule has 0 saturated carbocycles. The molecule has 0 aliphatic carbocycles. The lowest BCUT2D eigenvalue weighted by Gasteiger charge is -2.33. The van der Waals surface area contributed by atoms with Gasteiger partial charge in [-0.15, -0.1) is 0 Å². The maximum absolute atomic E-state index is 14.0. The molecule has 11 heteroatoms. The van der Waals surface area contributed by atoms with Gasteiger partial charge in [-0.1, -0.05) is 68.2 Å². The van der Waals surface area contributed by atoms with Gasteiger partial charge in [0.25, 0.3) is 10.0 Å². The Labute approximate surface area is 244 Å². The number of hydrogen-bond acceptors (Lipinski definition) is 4. The molecule has 0 heterocycles. The maximum atomic E-state index is 14.0. The van der Waals surface area contributed by atoms with Crippen LogP contribution < -0.4 is 9.62 Å². The third kappa shape index (κ3) is 7.74. The van der Waals surface area contributed by atoms with E-state index in [1.54, 1.807) is 43.3 Å². The van der Waals surface area contributed by atoms with Crippen molar-refractivity contribution in [1.29, 1.82) is 0 Å². The molecule has 3 aromatic rings. The second-order valence-electron chi connectivity index (χ2n) is 9.59. The number of amides is 2. The first-order valence-corrected chi connectivity index (χ1v) is 15.0. The Balaban J connectivity index is 2.07. The third-order valence-electron chi connectivity index (χ3n) is 6.19. The summed E-state index contributed by atoms with van der Waals surface area (Å²) in [6.07, 6.45) is 0.250. The Bertz CT molecular complexity index is 1400. The maximum Gasteiger partial charge on any atom is 0.264 e. The van der Waals surface area contributed by atoms with E-state index in [-0.39, 0.29) is 35.4 Å². The number of carbonyl (C=O) groups is 2. The Morgan fingerprint density at radius 3 is 2.08 bits per heavy atom. The number of anilines is 1. The second-order valence-corrected chi connectivity index (χ2v) is 12.3. The van der Waals surface area contributed by atoms with Crippen LogP contribution in [0, 0.1) is 11.7 Å². The van der Waals surface area contributed by atoms with Crippen LogP contribution in [0.15, 0.2) is 77.7 Å². The van der Waals surface area contributed by atoms with Crippen molar-refractivity contribution in [1.82, 2.24) is 10.2 Å². The van der Waals surface area contributed by atoms with Gasteiger partial charge in [0, 0.05) is 28.7 Å². The van der Waals surface area contributed by atoms with Crippen LogP contribution in [0.4, 0.5) is 10.1 Å². The summed E-state index contributed by atoms with van der Waals surface area (Å²) in [4.78, 5) is 28.5. The van der Waals surface area contributed by atoms with Crippen molar-refractivity contribution in [3.05, 3.63) is 94.2 Å². The van der Waals surface area contributed by atoms with Gasteiger partial charge < -0.3 is 10.2 Å². The molecule has 0 radical (unpaired) electrons. The van der Waals surface area contributed by atoms with Crippen molar-refractivity contribution in [2.24, 2.45) is 5.92 Å². The van der Waals surface area contributed by atoms with Crippen LogP contribution in [0.1, 0.15) is 32.8 Å². The third-order valence-corrected chi connectivity index (χ3v) is 8.68. The highest BCUT2D eigenvalue weighted by molar-refractivity contribution is 7.92. The minimum Gasteiger partial charge on any atom is -0.354 e. The van der Waals surface area contributed by atoms with E-state index in [0.717, 1.165) is 16.4 Å². The van der Waals surface area contributed by atoms with Gasteiger partial charge >= 0.3 is 0 Å². The number of benzene rings is 3. The summed E-state index contributed by atoms with van der Waals surface area (Å²) in [5, 5.41) is 3.46. The van der Waals surface area contributed by atoms with E-state index in [1.807, 2.05) is 13.8 Å². The Kier molecular flexibility index (Phi) is 11.0. The average Bonchev–Trinajstić information content (AvgIpc) is 2.92. The minimum absolute atomic E-state index is 0.0467. The molecule has 0 aromatic heterocycles. The zero-order valence-electron chi connectivity index (χ0n) is 22.5. The predicted molar refractivity (Wildman–Crippen MR) is 156 cm³/mol. The molecule has 7 nitrogen and oxygen atoms in total. The molecular formula is C29H32Cl2FN3O4S. The Morgan fingerprint density at radius 2 is 1.52 bits per heavy atom. The molecule has 2 amide bonds. The summed E-state index contributed by atoms with van der Waals surface area (Å²) >= 11 is 12.8. The van der Waals surface area contributed by atoms with Gasteiger partial charge in [0.2, 0.25) is 11.8 Å². The zero-order valence-corrected chi connectivity index (χ0v) is 24.8. The van der Waals surface area contributed by atoms with Crippen LogP contribution in [0.25, 0.3) is 0 Å². The first-order chi connectivity index (χ1) is 18.9. The van der Waals surface area contributed by atoms with Crippen LogP contribution in [0.5, 0.6) is 0 Å². The second kappa shape index (κ2) is 14.0. The van der Waals surface area contributed by atoms with Gasteiger partial charge in [0.15, 0.2) is 0 Å². The fraction of sp³-hybridized carbons (Fsp3) is 0.310. The number of nitrogens with one attached hydrogen (secondary N) is 1. The Hall–Kier alpha value is -3.14. The molecule has 0 fully saturated rings. The molecule has 3 rings (SSSR count).